The average Bonchev–Trinajstić information content (AvgIpc) is 3.45. The standard InChI is InChI=1S/C19H26N6O/c26-19(22-14-7-8-14)13-5-4-9-24(11-13)17-16-18(21-12-20-17)25-10-3-1-2-6-15(25)23-16/h12-14H,1-11H2,(H,22,26)/t13-/m0/s1. The van der Waals surface area contributed by atoms with Crippen LogP contribution in [0, 0.1) is 5.92 Å². The molecule has 7 heteroatoms. The molecule has 0 spiro atoms. The highest BCUT2D eigenvalue weighted by Crippen LogP contribution is 2.30. The fourth-order valence-corrected chi connectivity index (χ4v) is 4.29. The van der Waals surface area contributed by atoms with Gasteiger partial charge in [-0.3, -0.25) is 4.79 Å². The summed E-state index contributed by atoms with van der Waals surface area (Å²) in [4.78, 5) is 28.8. The van der Waals surface area contributed by atoms with Gasteiger partial charge in [-0.05, 0) is 38.5 Å². The molecule has 0 radical (unpaired) electrons. The van der Waals surface area contributed by atoms with Gasteiger partial charge < -0.3 is 14.8 Å². The topological polar surface area (TPSA) is 75.9 Å². The second-order valence-corrected chi connectivity index (χ2v) is 7.93. The van der Waals surface area contributed by atoms with Gasteiger partial charge in [-0.2, -0.15) is 0 Å². The van der Waals surface area contributed by atoms with Crippen molar-refractivity contribution in [3.05, 3.63) is 12.2 Å². The number of amides is 1. The van der Waals surface area contributed by atoms with Gasteiger partial charge in [0, 0.05) is 32.1 Å². The van der Waals surface area contributed by atoms with Gasteiger partial charge in [0.15, 0.2) is 17.0 Å². The first-order chi connectivity index (χ1) is 12.8. The summed E-state index contributed by atoms with van der Waals surface area (Å²) in [6.45, 7) is 2.66. The predicted molar refractivity (Wildman–Crippen MR) is 99.0 cm³/mol. The molecule has 0 aromatic carbocycles. The minimum atomic E-state index is 0.0507. The molecule has 1 atom stereocenters. The van der Waals surface area contributed by atoms with Gasteiger partial charge in [-0.15, -0.1) is 0 Å². The molecule has 1 N–H and O–H groups in total. The maximum Gasteiger partial charge on any atom is 0.225 e. The molecule has 138 valence electrons. The number of hydrogen-bond donors (Lipinski definition) is 1. The van der Waals surface area contributed by atoms with Crippen LogP contribution in [0.5, 0.6) is 0 Å². The number of carbonyl (C=O) groups excluding carboxylic acids is 1. The molecule has 7 nitrogen and oxygen atoms in total. The molecule has 26 heavy (non-hydrogen) atoms. The second-order valence-electron chi connectivity index (χ2n) is 7.93. The van der Waals surface area contributed by atoms with E-state index in [0.29, 0.717) is 6.04 Å². The summed E-state index contributed by atoms with van der Waals surface area (Å²) in [5, 5.41) is 3.16. The Balaban J connectivity index is 1.43. The van der Waals surface area contributed by atoms with Crippen molar-refractivity contribution in [1.29, 1.82) is 0 Å². The lowest BCUT2D eigenvalue weighted by Crippen LogP contribution is -2.44. The van der Waals surface area contributed by atoms with E-state index < -0.39 is 0 Å². The van der Waals surface area contributed by atoms with Gasteiger partial charge in [0.1, 0.15) is 12.2 Å². The van der Waals surface area contributed by atoms with Crippen molar-refractivity contribution in [3.63, 3.8) is 0 Å². The SMILES string of the molecule is O=C(NC1CC1)[C@H]1CCCN(c2ncnc3c2nc2n3CCCCC2)C1. The zero-order valence-corrected chi connectivity index (χ0v) is 15.2. The molecular weight excluding hydrogens is 328 g/mol. The van der Waals surface area contributed by atoms with Gasteiger partial charge in [-0.25, -0.2) is 15.0 Å². The maximum absolute atomic E-state index is 12.5. The molecule has 4 heterocycles. The molecule has 0 bridgehead atoms. The van der Waals surface area contributed by atoms with Crippen LogP contribution in [0.1, 0.15) is 50.8 Å². The summed E-state index contributed by atoms with van der Waals surface area (Å²) in [6.07, 6.45) is 10.6. The average molecular weight is 354 g/mol. The van der Waals surface area contributed by atoms with Gasteiger partial charge >= 0.3 is 0 Å². The quantitative estimate of drug-likeness (QED) is 0.913. The number of nitrogens with one attached hydrogen (secondary N) is 1. The lowest BCUT2D eigenvalue weighted by molar-refractivity contribution is -0.125. The minimum Gasteiger partial charge on any atom is -0.354 e. The van der Waals surface area contributed by atoms with E-state index in [1.807, 2.05) is 0 Å². The zero-order valence-electron chi connectivity index (χ0n) is 15.2. The molecule has 1 amide bonds. The van der Waals surface area contributed by atoms with Crippen molar-refractivity contribution >= 4 is 22.9 Å². The van der Waals surface area contributed by atoms with Crippen LogP contribution < -0.4 is 10.2 Å². The van der Waals surface area contributed by atoms with E-state index in [1.165, 1.54) is 19.3 Å². The fraction of sp³-hybridized carbons (Fsp3) is 0.684. The number of imidazole rings is 1. The van der Waals surface area contributed by atoms with Gasteiger partial charge in [0.05, 0.1) is 5.92 Å². The van der Waals surface area contributed by atoms with Crippen molar-refractivity contribution in [2.75, 3.05) is 18.0 Å². The highest BCUT2D eigenvalue weighted by molar-refractivity contribution is 5.85. The van der Waals surface area contributed by atoms with Crippen molar-refractivity contribution in [2.45, 2.75) is 64.0 Å². The molecule has 5 rings (SSSR count). The molecule has 1 aliphatic carbocycles. The first-order valence-electron chi connectivity index (χ1n) is 10.0. The minimum absolute atomic E-state index is 0.0507. The van der Waals surface area contributed by atoms with Crippen LogP contribution in [0.15, 0.2) is 6.33 Å². The van der Waals surface area contributed by atoms with Crippen LogP contribution in [-0.4, -0.2) is 44.6 Å². The van der Waals surface area contributed by atoms with Crippen LogP contribution in [0.4, 0.5) is 5.82 Å². The number of piperidine rings is 1. The van der Waals surface area contributed by atoms with Gasteiger partial charge in [0.2, 0.25) is 5.91 Å². The molecule has 1 saturated heterocycles. The molecular formula is C19H26N6O. The van der Waals surface area contributed by atoms with Gasteiger partial charge in [0.25, 0.3) is 0 Å². The maximum atomic E-state index is 12.5. The Morgan fingerprint density at radius 2 is 2.00 bits per heavy atom. The Bertz CT molecular complexity index is 827. The molecule has 2 fully saturated rings. The summed E-state index contributed by atoms with van der Waals surface area (Å²) in [7, 11) is 0. The fourth-order valence-electron chi connectivity index (χ4n) is 4.29. The van der Waals surface area contributed by atoms with Crippen LogP contribution in [-0.2, 0) is 17.8 Å². The third-order valence-corrected chi connectivity index (χ3v) is 5.89. The number of anilines is 1. The summed E-state index contributed by atoms with van der Waals surface area (Å²) in [6, 6.07) is 0.424. The van der Waals surface area contributed by atoms with E-state index in [-0.39, 0.29) is 11.8 Å². The monoisotopic (exact) mass is 354 g/mol. The van der Waals surface area contributed by atoms with E-state index in [1.54, 1.807) is 6.33 Å². The Morgan fingerprint density at radius 1 is 1.08 bits per heavy atom. The first kappa shape index (κ1) is 16.0. The highest BCUT2D eigenvalue weighted by atomic mass is 16.2. The van der Waals surface area contributed by atoms with E-state index in [2.05, 4.69) is 24.8 Å². The lowest BCUT2D eigenvalue weighted by atomic mass is 9.97. The van der Waals surface area contributed by atoms with E-state index in [0.717, 1.165) is 74.5 Å². The van der Waals surface area contributed by atoms with Crippen LogP contribution in [0.3, 0.4) is 0 Å². The number of rotatable bonds is 3. The van der Waals surface area contributed by atoms with Gasteiger partial charge in [-0.1, -0.05) is 6.42 Å². The summed E-state index contributed by atoms with van der Waals surface area (Å²) < 4.78 is 2.27. The first-order valence-corrected chi connectivity index (χ1v) is 10.0. The second kappa shape index (κ2) is 6.52. The van der Waals surface area contributed by atoms with E-state index in [4.69, 9.17) is 4.98 Å². The van der Waals surface area contributed by atoms with Crippen molar-refractivity contribution in [3.8, 4) is 0 Å². The Labute approximate surface area is 153 Å². The zero-order chi connectivity index (χ0) is 17.5. The third-order valence-electron chi connectivity index (χ3n) is 5.89. The van der Waals surface area contributed by atoms with Crippen molar-refractivity contribution < 1.29 is 4.79 Å². The molecule has 2 aromatic rings. The molecule has 1 saturated carbocycles. The Morgan fingerprint density at radius 3 is 2.88 bits per heavy atom. The Kier molecular flexibility index (Phi) is 4.02. The summed E-state index contributed by atoms with van der Waals surface area (Å²) >= 11 is 0. The van der Waals surface area contributed by atoms with Crippen molar-refractivity contribution in [2.24, 2.45) is 5.92 Å². The lowest BCUT2D eigenvalue weighted by Gasteiger charge is -2.32. The third kappa shape index (κ3) is 2.93. The Hall–Kier alpha value is -2.18. The largest absolute Gasteiger partial charge is 0.354 e. The normalized spacial score (nSPS) is 23.5. The van der Waals surface area contributed by atoms with E-state index >= 15 is 0 Å². The van der Waals surface area contributed by atoms with Crippen molar-refractivity contribution in [1.82, 2.24) is 24.8 Å². The molecule has 2 aliphatic heterocycles. The highest BCUT2D eigenvalue weighted by Gasteiger charge is 2.32. The number of fused-ring (bicyclic) bond motifs is 3. The van der Waals surface area contributed by atoms with Crippen LogP contribution in [0.2, 0.25) is 0 Å². The molecule has 0 unspecified atom stereocenters. The molecule has 2 aromatic heterocycles. The summed E-state index contributed by atoms with van der Waals surface area (Å²) in [5.41, 5.74) is 1.86. The smallest absolute Gasteiger partial charge is 0.225 e. The summed E-state index contributed by atoms with van der Waals surface area (Å²) in [5.74, 6) is 2.30. The van der Waals surface area contributed by atoms with E-state index in [9.17, 15) is 4.79 Å². The predicted octanol–water partition coefficient (Wildman–Crippen LogP) is 2.05. The number of carbonyl (C=O) groups is 1. The van der Waals surface area contributed by atoms with Crippen LogP contribution in [0.25, 0.3) is 11.2 Å². The number of aromatic nitrogens is 4. The number of aryl methyl sites for hydroxylation is 2. The molecule has 3 aliphatic rings. The van der Waals surface area contributed by atoms with Crippen LogP contribution >= 0.6 is 0 Å². The number of nitrogens with zero attached hydrogens (tertiary/aromatic N) is 5. The number of hydrogen-bond acceptors (Lipinski definition) is 5.